The smallest absolute Gasteiger partial charge is 0.261 e. The van der Waals surface area contributed by atoms with Crippen LogP contribution in [0, 0.1) is 0 Å². The van der Waals surface area contributed by atoms with Crippen LogP contribution in [0.4, 0.5) is 8.78 Å². The Balaban J connectivity index is 1.76. The van der Waals surface area contributed by atoms with Gasteiger partial charge < -0.3 is 10.5 Å². The number of ether oxygens (including phenoxy) is 1. The normalized spacial score (nSPS) is 17.5. The molecule has 1 fully saturated rings. The molecule has 1 atom stereocenters. The van der Waals surface area contributed by atoms with Crippen LogP contribution in [-0.2, 0) is 4.74 Å². The minimum Gasteiger partial charge on any atom is -0.375 e. The van der Waals surface area contributed by atoms with Crippen LogP contribution in [0.3, 0.4) is 0 Å². The molecule has 19 heavy (non-hydrogen) atoms. The molecule has 0 saturated heterocycles. The molecule has 1 saturated carbocycles. The van der Waals surface area contributed by atoms with Crippen molar-refractivity contribution in [1.82, 2.24) is 0 Å². The molecule has 1 unspecified atom stereocenters. The van der Waals surface area contributed by atoms with Crippen molar-refractivity contribution in [3.63, 3.8) is 0 Å². The minimum absolute atomic E-state index is 0.145. The molecule has 0 spiro atoms. The van der Waals surface area contributed by atoms with Crippen molar-refractivity contribution in [2.75, 3.05) is 13.2 Å². The number of hydrogen-bond acceptors (Lipinski definition) is 2. The standard InChI is InChI=1S/C15H21F2NO/c16-15(17)10-19-9-8-14(18)13-6-4-12(5-7-13)11-2-1-3-11/h4-7,11,14-15H,1-3,8-10,18H2. The summed E-state index contributed by atoms with van der Waals surface area (Å²) in [5.74, 6) is 0.722. The molecule has 4 heteroatoms. The summed E-state index contributed by atoms with van der Waals surface area (Å²) in [6.07, 6.45) is 2.06. The van der Waals surface area contributed by atoms with Crippen molar-refractivity contribution < 1.29 is 13.5 Å². The van der Waals surface area contributed by atoms with E-state index in [0.717, 1.165) is 11.5 Å². The topological polar surface area (TPSA) is 35.2 Å². The first-order valence-electron chi connectivity index (χ1n) is 6.88. The zero-order valence-corrected chi connectivity index (χ0v) is 11.0. The molecule has 2 rings (SSSR count). The van der Waals surface area contributed by atoms with E-state index in [2.05, 4.69) is 12.1 Å². The highest BCUT2D eigenvalue weighted by atomic mass is 19.3. The van der Waals surface area contributed by atoms with E-state index in [1.54, 1.807) is 0 Å². The van der Waals surface area contributed by atoms with Crippen molar-refractivity contribution in [3.8, 4) is 0 Å². The van der Waals surface area contributed by atoms with Gasteiger partial charge in [-0.25, -0.2) is 8.78 Å². The molecule has 0 bridgehead atoms. The molecule has 0 radical (unpaired) electrons. The van der Waals surface area contributed by atoms with Crippen molar-refractivity contribution in [2.45, 2.75) is 44.1 Å². The highest BCUT2D eigenvalue weighted by Gasteiger charge is 2.19. The Morgan fingerprint density at radius 3 is 2.42 bits per heavy atom. The highest BCUT2D eigenvalue weighted by molar-refractivity contribution is 5.28. The molecule has 2 nitrogen and oxygen atoms in total. The van der Waals surface area contributed by atoms with Gasteiger partial charge in [0.05, 0.1) is 0 Å². The average molecular weight is 269 g/mol. The van der Waals surface area contributed by atoms with Crippen LogP contribution in [0.25, 0.3) is 0 Å². The first kappa shape index (κ1) is 14.4. The monoisotopic (exact) mass is 269 g/mol. The Labute approximate surface area is 112 Å². The number of alkyl halides is 2. The lowest BCUT2D eigenvalue weighted by atomic mass is 9.80. The van der Waals surface area contributed by atoms with Crippen LogP contribution in [0.5, 0.6) is 0 Å². The number of hydrogen-bond donors (Lipinski definition) is 1. The van der Waals surface area contributed by atoms with Gasteiger partial charge in [0.15, 0.2) is 0 Å². The molecule has 1 aliphatic rings. The van der Waals surface area contributed by atoms with Crippen LogP contribution in [0.1, 0.15) is 48.8 Å². The quantitative estimate of drug-likeness (QED) is 0.767. The van der Waals surface area contributed by atoms with Gasteiger partial charge in [0.2, 0.25) is 0 Å². The van der Waals surface area contributed by atoms with Crippen LogP contribution in [0.15, 0.2) is 24.3 Å². The molecule has 0 amide bonds. The van der Waals surface area contributed by atoms with Crippen molar-refractivity contribution in [2.24, 2.45) is 5.73 Å². The Morgan fingerprint density at radius 1 is 1.21 bits per heavy atom. The van der Waals surface area contributed by atoms with Gasteiger partial charge in [-0.1, -0.05) is 30.7 Å². The maximum atomic E-state index is 11.9. The lowest BCUT2D eigenvalue weighted by Crippen LogP contribution is -2.15. The van der Waals surface area contributed by atoms with Gasteiger partial charge in [0.25, 0.3) is 6.43 Å². The number of halogens is 2. The molecular weight excluding hydrogens is 248 g/mol. The van der Waals surface area contributed by atoms with Gasteiger partial charge in [-0.05, 0) is 36.3 Å². The maximum Gasteiger partial charge on any atom is 0.261 e. The second kappa shape index (κ2) is 6.96. The molecule has 2 N–H and O–H groups in total. The number of benzene rings is 1. The third kappa shape index (κ3) is 4.25. The van der Waals surface area contributed by atoms with E-state index in [0.29, 0.717) is 6.42 Å². The fourth-order valence-electron chi connectivity index (χ4n) is 2.31. The van der Waals surface area contributed by atoms with E-state index in [-0.39, 0.29) is 12.6 Å². The summed E-state index contributed by atoms with van der Waals surface area (Å²) in [4.78, 5) is 0. The first-order chi connectivity index (χ1) is 9.16. The third-order valence-electron chi connectivity index (χ3n) is 3.76. The second-order valence-electron chi connectivity index (χ2n) is 5.16. The molecule has 0 heterocycles. The minimum atomic E-state index is -2.40. The predicted molar refractivity (Wildman–Crippen MR) is 71.4 cm³/mol. The zero-order valence-electron chi connectivity index (χ0n) is 11.0. The number of nitrogens with two attached hydrogens (primary N) is 1. The summed E-state index contributed by atoms with van der Waals surface area (Å²) in [5, 5.41) is 0. The molecule has 106 valence electrons. The summed E-state index contributed by atoms with van der Waals surface area (Å²) in [6.45, 7) is -0.233. The number of rotatable bonds is 7. The van der Waals surface area contributed by atoms with Gasteiger partial charge in [-0.15, -0.1) is 0 Å². The molecule has 1 aliphatic carbocycles. The third-order valence-corrected chi connectivity index (χ3v) is 3.76. The van der Waals surface area contributed by atoms with E-state index in [1.807, 2.05) is 12.1 Å². The Morgan fingerprint density at radius 2 is 1.89 bits per heavy atom. The fourth-order valence-corrected chi connectivity index (χ4v) is 2.31. The van der Waals surface area contributed by atoms with Crippen molar-refractivity contribution in [1.29, 1.82) is 0 Å². The first-order valence-corrected chi connectivity index (χ1v) is 6.88. The SMILES string of the molecule is NC(CCOCC(F)F)c1ccc(C2CCC2)cc1. The van der Waals surface area contributed by atoms with Gasteiger partial charge >= 0.3 is 0 Å². The summed E-state index contributed by atoms with van der Waals surface area (Å²) >= 11 is 0. The van der Waals surface area contributed by atoms with Crippen LogP contribution in [0.2, 0.25) is 0 Å². The van der Waals surface area contributed by atoms with Gasteiger partial charge in [0.1, 0.15) is 6.61 Å². The van der Waals surface area contributed by atoms with Crippen LogP contribution < -0.4 is 5.73 Å². The predicted octanol–water partition coefficient (Wildman–Crippen LogP) is 3.63. The Kier molecular flexibility index (Phi) is 5.28. The van der Waals surface area contributed by atoms with Gasteiger partial charge in [0, 0.05) is 12.6 Å². The lowest BCUT2D eigenvalue weighted by Gasteiger charge is -2.26. The van der Waals surface area contributed by atoms with Crippen molar-refractivity contribution >= 4 is 0 Å². The lowest BCUT2D eigenvalue weighted by molar-refractivity contribution is 0.0152. The second-order valence-corrected chi connectivity index (χ2v) is 5.16. The Hall–Kier alpha value is -1.00. The summed E-state index contributed by atoms with van der Waals surface area (Å²) in [6, 6.07) is 8.22. The van der Waals surface area contributed by atoms with Gasteiger partial charge in [-0.2, -0.15) is 0 Å². The van der Waals surface area contributed by atoms with Gasteiger partial charge in [-0.3, -0.25) is 0 Å². The Bertz CT molecular complexity index is 376. The molecule has 0 aliphatic heterocycles. The average Bonchev–Trinajstić information content (AvgIpc) is 2.33. The van der Waals surface area contributed by atoms with E-state index in [4.69, 9.17) is 10.5 Å². The molecule has 1 aromatic carbocycles. The molecule has 1 aromatic rings. The molecule has 0 aromatic heterocycles. The van der Waals surface area contributed by atoms with Crippen molar-refractivity contribution in [3.05, 3.63) is 35.4 Å². The summed E-state index contributed by atoms with van der Waals surface area (Å²) in [5.41, 5.74) is 8.45. The van der Waals surface area contributed by atoms with E-state index >= 15 is 0 Å². The van der Waals surface area contributed by atoms with E-state index in [9.17, 15) is 8.78 Å². The highest BCUT2D eigenvalue weighted by Crippen LogP contribution is 2.36. The maximum absolute atomic E-state index is 11.9. The van der Waals surface area contributed by atoms with Crippen LogP contribution >= 0.6 is 0 Å². The van der Waals surface area contributed by atoms with E-state index < -0.39 is 13.0 Å². The van der Waals surface area contributed by atoms with Crippen LogP contribution in [-0.4, -0.2) is 19.6 Å². The summed E-state index contributed by atoms with van der Waals surface area (Å²) < 4.78 is 28.6. The molecular formula is C15H21F2NO. The zero-order chi connectivity index (χ0) is 13.7. The van der Waals surface area contributed by atoms with E-state index in [1.165, 1.54) is 24.8 Å². The largest absolute Gasteiger partial charge is 0.375 e. The summed E-state index contributed by atoms with van der Waals surface area (Å²) in [7, 11) is 0. The fraction of sp³-hybridized carbons (Fsp3) is 0.600.